The first kappa shape index (κ1) is 58.4. The zero-order chi connectivity index (χ0) is 58.0. The lowest BCUT2D eigenvalue weighted by Crippen LogP contribution is -2.51. The van der Waals surface area contributed by atoms with Crippen molar-refractivity contribution in [3.8, 4) is 23.0 Å². The Morgan fingerprint density at radius 2 is 1.53 bits per heavy atom. The van der Waals surface area contributed by atoms with E-state index in [9.17, 15) is 9.59 Å². The highest BCUT2D eigenvalue weighted by atomic mass is 16.6. The quantitative estimate of drug-likeness (QED) is 0.0512. The average molecular weight is 1130 g/mol. The molecule has 3 saturated carbocycles. The predicted molar refractivity (Wildman–Crippen MR) is 321 cm³/mol. The van der Waals surface area contributed by atoms with E-state index < -0.39 is 41.4 Å². The van der Waals surface area contributed by atoms with Crippen LogP contribution in [0.25, 0.3) is 0 Å². The van der Waals surface area contributed by atoms with Crippen molar-refractivity contribution < 1.29 is 37.7 Å². The number of hydrogen-bond acceptors (Lipinski definition) is 11. The van der Waals surface area contributed by atoms with E-state index in [1.165, 1.54) is 49.5 Å². The Morgan fingerprint density at radius 3 is 2.20 bits per heavy atom. The van der Waals surface area contributed by atoms with Gasteiger partial charge in [0.2, 0.25) is 0 Å². The molecule has 83 heavy (non-hydrogen) atoms. The lowest BCUT2D eigenvalue weighted by Gasteiger charge is -2.58. The topological polar surface area (TPSA) is 146 Å². The van der Waals surface area contributed by atoms with E-state index in [-0.39, 0.29) is 24.5 Å². The number of ether oxygens (including phenoxy) is 7. The molecule has 4 fully saturated rings. The maximum atomic E-state index is 13.7. The van der Waals surface area contributed by atoms with Crippen LogP contribution in [0.15, 0.2) is 141 Å². The molecule has 0 spiro atoms. The van der Waals surface area contributed by atoms with Crippen LogP contribution in [0.3, 0.4) is 0 Å². The number of aromatic nitrogens is 3. The van der Waals surface area contributed by atoms with Gasteiger partial charge in [0.25, 0.3) is 5.56 Å². The molecule has 1 aliphatic heterocycles. The van der Waals surface area contributed by atoms with Gasteiger partial charge in [0.15, 0.2) is 5.76 Å². The van der Waals surface area contributed by atoms with Gasteiger partial charge in [-0.15, -0.1) is 0 Å². The Bertz CT molecular complexity index is 3230. The molecule has 13 heteroatoms. The summed E-state index contributed by atoms with van der Waals surface area (Å²) in [6.45, 7) is 16.7. The Labute approximate surface area is 490 Å². The molecule has 11 rings (SSSR count). The molecule has 0 amide bonds. The molecule has 6 aromatic rings. The summed E-state index contributed by atoms with van der Waals surface area (Å²) in [4.78, 5) is 28.9. The minimum absolute atomic E-state index is 0.00307. The molecule has 2 aromatic heterocycles. The van der Waals surface area contributed by atoms with Crippen molar-refractivity contribution in [2.45, 2.75) is 162 Å². The van der Waals surface area contributed by atoms with Gasteiger partial charge >= 0.3 is 5.69 Å². The van der Waals surface area contributed by atoms with E-state index >= 15 is 0 Å². The number of rotatable bonds is 22. The number of H-pyrrole nitrogens is 1. The van der Waals surface area contributed by atoms with Crippen molar-refractivity contribution >= 4 is 0 Å². The molecule has 0 bridgehead atoms. The van der Waals surface area contributed by atoms with E-state index in [1.807, 2.05) is 97.9 Å². The average Bonchev–Trinajstić information content (AvgIpc) is 4.48. The highest BCUT2D eigenvalue weighted by Crippen LogP contribution is 2.67. The number of aromatic amines is 1. The maximum absolute atomic E-state index is 13.7. The van der Waals surface area contributed by atoms with E-state index in [0.29, 0.717) is 52.3 Å². The minimum Gasteiger partial charge on any atom is -0.497 e. The number of nitrogens with one attached hydrogen (secondary N) is 1. The van der Waals surface area contributed by atoms with Gasteiger partial charge in [-0.1, -0.05) is 125 Å². The number of benzene rings is 4. The van der Waals surface area contributed by atoms with E-state index in [0.717, 1.165) is 77.5 Å². The van der Waals surface area contributed by atoms with Crippen LogP contribution in [0, 0.1) is 53.3 Å². The van der Waals surface area contributed by atoms with E-state index in [1.54, 1.807) is 39.1 Å². The fourth-order valence-electron chi connectivity index (χ4n) is 16.1. The third-order valence-corrected chi connectivity index (χ3v) is 20.4. The standard InChI is InChI=1S/C70H87N3O10/c1-10-78-53-28-30-56(61(40-53)80-54-33-36-68(6)50(39-54)23-29-55-58-32-31-57(45(4)16-14-15-44(2)3)69(58,7)37-34-59(55)68)65(60-35-38-71-83-60)82-62-41-64(73-42-46(5)66(74)72-67(73)75)81-63(62)43-79-70(47-17-12-11-13-18-47,48-19-24-51(76-8)25-20-48)49-21-26-52(77-9)27-22-49/h11-13,17-28,30,35,38,40,42,44-45,54-55,57-59,62-65H,10,14-16,29,31-34,36-37,39,41,43H2,1-9H3,(H,72,74,75)/t45-,54+,55+,57-,58+,59+,62+,63-,64-,65?,68+,69-/m1/s1. The number of aryl methyl sites for hydroxylation is 1. The molecule has 1 unspecified atom stereocenters. The third-order valence-electron chi connectivity index (χ3n) is 20.4. The molecular weight excluding hydrogens is 1040 g/mol. The van der Waals surface area contributed by atoms with Gasteiger partial charge in [-0.25, -0.2) is 4.79 Å². The molecule has 4 aromatic carbocycles. The first-order valence-corrected chi connectivity index (χ1v) is 30.8. The van der Waals surface area contributed by atoms with Gasteiger partial charge in [-0.05, 0) is 158 Å². The summed E-state index contributed by atoms with van der Waals surface area (Å²) in [5.74, 6) is 7.81. The van der Waals surface area contributed by atoms with Crippen molar-refractivity contribution in [3.63, 3.8) is 0 Å². The molecule has 12 atom stereocenters. The Kier molecular flexibility index (Phi) is 17.3. The summed E-state index contributed by atoms with van der Waals surface area (Å²) in [6.07, 6.45) is 16.3. The van der Waals surface area contributed by atoms with Crippen molar-refractivity contribution in [1.82, 2.24) is 14.7 Å². The van der Waals surface area contributed by atoms with Crippen LogP contribution in [0.2, 0.25) is 0 Å². The zero-order valence-electron chi connectivity index (χ0n) is 50.3. The van der Waals surface area contributed by atoms with Crippen LogP contribution in [0.4, 0.5) is 0 Å². The summed E-state index contributed by atoms with van der Waals surface area (Å²) in [5, 5.41) is 4.20. The second-order valence-corrected chi connectivity index (χ2v) is 25.5. The van der Waals surface area contributed by atoms with Gasteiger partial charge in [0.1, 0.15) is 53.1 Å². The van der Waals surface area contributed by atoms with Crippen molar-refractivity contribution in [2.24, 2.45) is 46.3 Å². The van der Waals surface area contributed by atoms with Gasteiger partial charge in [-0.2, -0.15) is 0 Å². The lowest BCUT2D eigenvalue weighted by atomic mass is 9.47. The summed E-state index contributed by atoms with van der Waals surface area (Å²) in [5.41, 5.74) is 3.58. The molecule has 0 radical (unpaired) electrons. The van der Waals surface area contributed by atoms with E-state index in [4.69, 9.17) is 37.7 Å². The van der Waals surface area contributed by atoms with Gasteiger partial charge in [0.05, 0.1) is 39.7 Å². The van der Waals surface area contributed by atoms with Crippen LogP contribution < -0.4 is 30.2 Å². The monoisotopic (exact) mass is 1130 g/mol. The Morgan fingerprint density at radius 1 is 0.819 bits per heavy atom. The smallest absolute Gasteiger partial charge is 0.330 e. The number of methoxy groups -OCH3 is 2. The van der Waals surface area contributed by atoms with Crippen LogP contribution in [-0.4, -0.2) is 60.5 Å². The normalized spacial score (nSPS) is 27.5. The Hall–Kier alpha value is -6.41. The fourth-order valence-corrected chi connectivity index (χ4v) is 16.1. The molecular formula is C70H87N3O10. The second kappa shape index (κ2) is 24.7. The number of hydrogen-bond donors (Lipinski definition) is 1. The summed E-state index contributed by atoms with van der Waals surface area (Å²) in [6, 6.07) is 33.6. The molecule has 1 saturated heterocycles. The summed E-state index contributed by atoms with van der Waals surface area (Å²) < 4.78 is 54.2. The molecule has 13 nitrogen and oxygen atoms in total. The van der Waals surface area contributed by atoms with Crippen molar-refractivity contribution in [1.29, 1.82) is 0 Å². The molecule has 5 aliphatic rings. The van der Waals surface area contributed by atoms with Crippen molar-refractivity contribution in [2.75, 3.05) is 27.4 Å². The maximum Gasteiger partial charge on any atom is 0.330 e. The number of nitrogens with zero attached hydrogens (tertiary/aromatic N) is 2. The largest absolute Gasteiger partial charge is 0.497 e. The van der Waals surface area contributed by atoms with Crippen LogP contribution in [-0.2, 0) is 19.8 Å². The minimum atomic E-state index is -1.19. The van der Waals surface area contributed by atoms with Crippen molar-refractivity contribution in [3.05, 3.63) is 182 Å². The summed E-state index contributed by atoms with van der Waals surface area (Å²) >= 11 is 0. The SMILES string of the molecule is CCOc1ccc(C(O[C@H]2C[C@H](n3cc(C)c(=O)[nH]c3=O)O[C@@H]2COC(c2ccccc2)(c2ccc(OC)cc2)c2ccc(OC)cc2)c2ccno2)c(O[C@H]2CC[C@@]3(C)C(=CC[C@H]4[C@@H]5CC[C@H]([C@H](C)CCCC(C)C)[C@@]5(C)CC[C@@H]43)C2)c1. The summed E-state index contributed by atoms with van der Waals surface area (Å²) in [7, 11) is 3.29. The zero-order valence-corrected chi connectivity index (χ0v) is 50.3. The molecule has 442 valence electrons. The van der Waals surface area contributed by atoms with Gasteiger partial charge in [-0.3, -0.25) is 14.3 Å². The third kappa shape index (κ3) is 11.5. The highest BCUT2D eigenvalue weighted by Gasteiger charge is 2.59. The second-order valence-electron chi connectivity index (χ2n) is 25.5. The van der Waals surface area contributed by atoms with Crippen LogP contribution in [0.5, 0.6) is 23.0 Å². The molecule has 1 N–H and O–H groups in total. The van der Waals surface area contributed by atoms with Crippen LogP contribution >= 0.6 is 0 Å². The first-order valence-electron chi connectivity index (χ1n) is 30.8. The number of allylic oxidation sites excluding steroid dienone is 1. The number of fused-ring (bicyclic) bond motifs is 5. The van der Waals surface area contributed by atoms with Crippen LogP contribution in [0.1, 0.15) is 165 Å². The fraction of sp³-hybridized carbons (Fsp3) is 0.529. The predicted octanol–water partition coefficient (Wildman–Crippen LogP) is 14.5. The van der Waals surface area contributed by atoms with Gasteiger partial charge < -0.3 is 37.7 Å². The highest BCUT2D eigenvalue weighted by molar-refractivity contribution is 5.50. The van der Waals surface area contributed by atoms with Gasteiger partial charge in [0, 0.05) is 42.3 Å². The lowest BCUT2D eigenvalue weighted by molar-refractivity contribution is -0.114. The molecule has 4 aliphatic carbocycles. The van der Waals surface area contributed by atoms with E-state index in [2.05, 4.69) is 63.0 Å². The molecule has 3 heterocycles. The first-order chi connectivity index (χ1) is 40.1. The Balaban J connectivity index is 0.906.